The van der Waals surface area contributed by atoms with Gasteiger partial charge in [0, 0.05) is 12.1 Å². The maximum absolute atomic E-state index is 12.8. The van der Waals surface area contributed by atoms with E-state index >= 15 is 0 Å². The SMILES string of the molecule is CN1CCC[C@H]1COc1cnc(F)c(N)c1. The Morgan fingerprint density at radius 3 is 3.12 bits per heavy atom. The van der Waals surface area contributed by atoms with Crippen LogP contribution in [0.15, 0.2) is 12.3 Å². The molecule has 16 heavy (non-hydrogen) atoms. The standard InChI is InChI=1S/C11H16FN3O/c1-15-4-2-3-8(15)7-16-9-5-10(13)11(12)14-6-9/h5-6,8H,2-4,7,13H2,1H3/t8-/m0/s1. The summed E-state index contributed by atoms with van der Waals surface area (Å²) in [6, 6.07) is 1.91. The molecule has 1 fully saturated rings. The summed E-state index contributed by atoms with van der Waals surface area (Å²) in [4.78, 5) is 5.78. The van der Waals surface area contributed by atoms with Gasteiger partial charge in [-0.3, -0.25) is 0 Å². The number of hydrogen-bond donors (Lipinski definition) is 1. The number of nitrogen functional groups attached to an aromatic ring is 1. The summed E-state index contributed by atoms with van der Waals surface area (Å²) in [7, 11) is 2.08. The van der Waals surface area contributed by atoms with Crippen molar-refractivity contribution in [1.82, 2.24) is 9.88 Å². The number of likely N-dealkylation sites (N-methyl/N-ethyl adjacent to an activating group) is 1. The van der Waals surface area contributed by atoms with E-state index in [1.165, 1.54) is 18.7 Å². The summed E-state index contributed by atoms with van der Waals surface area (Å²) >= 11 is 0. The Hall–Kier alpha value is -1.36. The zero-order chi connectivity index (χ0) is 11.5. The molecular weight excluding hydrogens is 209 g/mol. The molecule has 0 aromatic carbocycles. The largest absolute Gasteiger partial charge is 0.490 e. The molecule has 0 spiro atoms. The van der Waals surface area contributed by atoms with Crippen LogP contribution in [-0.4, -0.2) is 36.1 Å². The molecule has 1 aromatic heterocycles. The highest BCUT2D eigenvalue weighted by atomic mass is 19.1. The van der Waals surface area contributed by atoms with Gasteiger partial charge in [-0.1, -0.05) is 0 Å². The van der Waals surface area contributed by atoms with Crippen LogP contribution in [0.3, 0.4) is 0 Å². The summed E-state index contributed by atoms with van der Waals surface area (Å²) in [5, 5.41) is 0. The number of ether oxygens (including phenoxy) is 1. The van der Waals surface area contributed by atoms with Crippen molar-refractivity contribution in [3.8, 4) is 5.75 Å². The van der Waals surface area contributed by atoms with Gasteiger partial charge in [-0.05, 0) is 26.4 Å². The van der Waals surface area contributed by atoms with E-state index in [1.807, 2.05) is 0 Å². The molecule has 5 heteroatoms. The number of aromatic nitrogens is 1. The molecule has 4 nitrogen and oxygen atoms in total. The Bertz CT molecular complexity index is 372. The maximum atomic E-state index is 12.8. The Labute approximate surface area is 94.2 Å². The first-order valence-corrected chi connectivity index (χ1v) is 5.41. The molecule has 1 aliphatic heterocycles. The van der Waals surface area contributed by atoms with Crippen LogP contribution in [-0.2, 0) is 0 Å². The number of nitrogens with two attached hydrogens (primary N) is 1. The minimum absolute atomic E-state index is 0.0253. The molecule has 0 radical (unpaired) electrons. The number of likely N-dealkylation sites (tertiary alicyclic amines) is 1. The van der Waals surface area contributed by atoms with E-state index < -0.39 is 5.95 Å². The first-order valence-electron chi connectivity index (χ1n) is 5.41. The molecular formula is C11H16FN3O. The smallest absolute Gasteiger partial charge is 0.236 e. The van der Waals surface area contributed by atoms with Crippen molar-refractivity contribution >= 4 is 5.69 Å². The van der Waals surface area contributed by atoms with Crippen molar-refractivity contribution in [2.45, 2.75) is 18.9 Å². The van der Waals surface area contributed by atoms with E-state index in [0.717, 1.165) is 13.0 Å². The molecule has 1 saturated heterocycles. The minimum atomic E-state index is -0.648. The molecule has 2 N–H and O–H groups in total. The van der Waals surface area contributed by atoms with Gasteiger partial charge in [0.1, 0.15) is 12.4 Å². The van der Waals surface area contributed by atoms with Gasteiger partial charge in [-0.2, -0.15) is 4.39 Å². The van der Waals surface area contributed by atoms with Crippen LogP contribution in [0.1, 0.15) is 12.8 Å². The average molecular weight is 225 g/mol. The van der Waals surface area contributed by atoms with Gasteiger partial charge in [0.2, 0.25) is 5.95 Å². The number of nitrogens with zero attached hydrogens (tertiary/aromatic N) is 2. The fourth-order valence-corrected chi connectivity index (χ4v) is 1.91. The Balaban J connectivity index is 1.91. The summed E-state index contributed by atoms with van der Waals surface area (Å²) in [5.74, 6) is -0.121. The third kappa shape index (κ3) is 2.41. The van der Waals surface area contributed by atoms with Gasteiger partial charge in [0.15, 0.2) is 0 Å². The van der Waals surface area contributed by atoms with E-state index in [1.54, 1.807) is 0 Å². The highest BCUT2D eigenvalue weighted by Gasteiger charge is 2.21. The van der Waals surface area contributed by atoms with Crippen LogP contribution in [0.4, 0.5) is 10.1 Å². The maximum Gasteiger partial charge on any atom is 0.236 e. The van der Waals surface area contributed by atoms with Gasteiger partial charge in [-0.15, -0.1) is 0 Å². The number of pyridine rings is 1. The first kappa shape index (κ1) is 11.1. The number of rotatable bonds is 3. The molecule has 1 aliphatic rings. The highest BCUT2D eigenvalue weighted by Crippen LogP contribution is 2.19. The molecule has 0 saturated carbocycles. The van der Waals surface area contributed by atoms with E-state index in [-0.39, 0.29) is 5.69 Å². The van der Waals surface area contributed by atoms with E-state index in [2.05, 4.69) is 16.9 Å². The quantitative estimate of drug-likeness (QED) is 0.787. The number of halogens is 1. The minimum Gasteiger partial charge on any atom is -0.490 e. The molecule has 1 aromatic rings. The second-order valence-corrected chi connectivity index (χ2v) is 4.14. The van der Waals surface area contributed by atoms with Crippen molar-refractivity contribution in [3.63, 3.8) is 0 Å². The lowest BCUT2D eigenvalue weighted by Gasteiger charge is -2.19. The molecule has 0 bridgehead atoms. The molecule has 2 heterocycles. The molecule has 2 rings (SSSR count). The van der Waals surface area contributed by atoms with Crippen molar-refractivity contribution in [3.05, 3.63) is 18.2 Å². The normalized spacial score (nSPS) is 21.2. The summed E-state index contributed by atoms with van der Waals surface area (Å²) < 4.78 is 18.3. The lowest BCUT2D eigenvalue weighted by atomic mass is 10.2. The predicted octanol–water partition coefficient (Wildman–Crippen LogP) is 1.28. The topological polar surface area (TPSA) is 51.4 Å². The van der Waals surface area contributed by atoms with Gasteiger partial charge in [0.05, 0.1) is 11.9 Å². The number of anilines is 1. The van der Waals surface area contributed by atoms with E-state index in [9.17, 15) is 4.39 Å². The summed E-state index contributed by atoms with van der Waals surface area (Å²) in [6.45, 7) is 1.71. The van der Waals surface area contributed by atoms with E-state index in [4.69, 9.17) is 10.5 Å². The van der Waals surface area contributed by atoms with Crippen LogP contribution in [0.2, 0.25) is 0 Å². The lowest BCUT2D eigenvalue weighted by Crippen LogP contribution is -2.30. The number of hydrogen-bond acceptors (Lipinski definition) is 4. The zero-order valence-corrected chi connectivity index (χ0v) is 9.32. The molecule has 0 aliphatic carbocycles. The first-order chi connectivity index (χ1) is 7.66. The van der Waals surface area contributed by atoms with Crippen LogP contribution < -0.4 is 10.5 Å². The fraction of sp³-hybridized carbons (Fsp3) is 0.545. The molecule has 1 atom stereocenters. The average Bonchev–Trinajstić information content (AvgIpc) is 2.66. The third-order valence-electron chi connectivity index (χ3n) is 2.96. The Morgan fingerprint density at radius 1 is 1.69 bits per heavy atom. The fourth-order valence-electron chi connectivity index (χ4n) is 1.91. The van der Waals surface area contributed by atoms with Gasteiger partial charge < -0.3 is 15.4 Å². The van der Waals surface area contributed by atoms with Gasteiger partial charge in [-0.25, -0.2) is 4.98 Å². The summed E-state index contributed by atoms with van der Waals surface area (Å²) in [5.41, 5.74) is 5.43. The van der Waals surface area contributed by atoms with Crippen molar-refractivity contribution in [2.24, 2.45) is 0 Å². The molecule has 0 unspecified atom stereocenters. The third-order valence-corrected chi connectivity index (χ3v) is 2.96. The second-order valence-electron chi connectivity index (χ2n) is 4.14. The van der Waals surface area contributed by atoms with Crippen molar-refractivity contribution in [2.75, 3.05) is 25.9 Å². The lowest BCUT2D eigenvalue weighted by molar-refractivity contribution is 0.197. The Morgan fingerprint density at radius 2 is 2.50 bits per heavy atom. The van der Waals surface area contributed by atoms with Crippen molar-refractivity contribution in [1.29, 1.82) is 0 Å². The van der Waals surface area contributed by atoms with Crippen LogP contribution in [0.25, 0.3) is 0 Å². The van der Waals surface area contributed by atoms with Crippen LogP contribution in [0.5, 0.6) is 5.75 Å². The van der Waals surface area contributed by atoms with Gasteiger partial charge in [0.25, 0.3) is 0 Å². The van der Waals surface area contributed by atoms with Crippen LogP contribution >= 0.6 is 0 Å². The second kappa shape index (κ2) is 4.65. The summed E-state index contributed by atoms with van der Waals surface area (Å²) in [6.07, 6.45) is 3.70. The van der Waals surface area contributed by atoms with Crippen molar-refractivity contribution < 1.29 is 9.13 Å². The zero-order valence-electron chi connectivity index (χ0n) is 9.32. The Kier molecular flexibility index (Phi) is 3.24. The van der Waals surface area contributed by atoms with Gasteiger partial charge >= 0.3 is 0 Å². The monoisotopic (exact) mass is 225 g/mol. The van der Waals surface area contributed by atoms with Crippen LogP contribution in [0, 0.1) is 5.95 Å². The predicted molar refractivity (Wildman–Crippen MR) is 59.8 cm³/mol. The van der Waals surface area contributed by atoms with E-state index in [0.29, 0.717) is 18.4 Å². The highest BCUT2D eigenvalue weighted by molar-refractivity contribution is 5.41. The molecule has 0 amide bonds. The molecule has 88 valence electrons.